The van der Waals surface area contributed by atoms with Gasteiger partial charge in [-0.15, -0.1) is 0 Å². The molecule has 2 aliphatic carbocycles. The molecular weight excluding hydrogens is 250 g/mol. The summed E-state index contributed by atoms with van der Waals surface area (Å²) in [5.41, 5.74) is -0.589. The first-order valence-corrected chi connectivity index (χ1v) is 8.66. The summed E-state index contributed by atoms with van der Waals surface area (Å²) in [4.78, 5) is 0. The van der Waals surface area contributed by atoms with Gasteiger partial charge in [-0.05, 0) is 44.4 Å². The van der Waals surface area contributed by atoms with Crippen molar-refractivity contribution in [2.45, 2.75) is 69.1 Å². The third-order valence-electron chi connectivity index (χ3n) is 4.63. The molecule has 2 aliphatic rings. The van der Waals surface area contributed by atoms with E-state index in [4.69, 9.17) is 0 Å². The van der Waals surface area contributed by atoms with Crippen LogP contribution >= 0.6 is 0 Å². The monoisotopic (exact) mass is 275 g/mol. The molecular formula is C13H25NO3S. The Morgan fingerprint density at radius 1 is 1.17 bits per heavy atom. The van der Waals surface area contributed by atoms with E-state index in [-0.39, 0.29) is 11.9 Å². The van der Waals surface area contributed by atoms with Crippen LogP contribution in [0.1, 0.15) is 58.3 Å². The first-order chi connectivity index (χ1) is 8.47. The second-order valence-electron chi connectivity index (χ2n) is 6.17. The van der Waals surface area contributed by atoms with E-state index in [1.54, 1.807) is 0 Å². The Balaban J connectivity index is 2.05. The van der Waals surface area contributed by atoms with Gasteiger partial charge < -0.3 is 5.11 Å². The molecule has 0 amide bonds. The van der Waals surface area contributed by atoms with Crippen molar-refractivity contribution < 1.29 is 13.5 Å². The van der Waals surface area contributed by atoms with Gasteiger partial charge in [-0.25, -0.2) is 13.1 Å². The minimum Gasteiger partial charge on any atom is -0.394 e. The third kappa shape index (κ3) is 3.06. The number of aliphatic hydroxyl groups excluding tert-OH is 1. The van der Waals surface area contributed by atoms with E-state index in [9.17, 15) is 13.5 Å². The van der Waals surface area contributed by atoms with Gasteiger partial charge in [0.2, 0.25) is 10.0 Å². The summed E-state index contributed by atoms with van der Waals surface area (Å²) >= 11 is 0. The van der Waals surface area contributed by atoms with Crippen molar-refractivity contribution in [1.82, 2.24) is 4.72 Å². The van der Waals surface area contributed by atoms with Crippen molar-refractivity contribution in [1.29, 1.82) is 0 Å². The normalized spacial score (nSPS) is 34.9. The lowest BCUT2D eigenvalue weighted by atomic mass is 9.78. The maximum absolute atomic E-state index is 12.3. The van der Waals surface area contributed by atoms with Crippen LogP contribution in [-0.4, -0.2) is 30.9 Å². The summed E-state index contributed by atoms with van der Waals surface area (Å²) in [5, 5.41) is 9.37. The lowest BCUT2D eigenvalue weighted by Crippen LogP contribution is -2.55. The summed E-state index contributed by atoms with van der Waals surface area (Å²) in [5.74, 6) is 0.639. The van der Waals surface area contributed by atoms with Crippen LogP contribution in [0.15, 0.2) is 0 Å². The van der Waals surface area contributed by atoms with E-state index >= 15 is 0 Å². The molecule has 0 bridgehead atoms. The molecule has 2 rings (SSSR count). The molecule has 0 spiro atoms. The molecule has 106 valence electrons. The summed E-state index contributed by atoms with van der Waals surface area (Å²) in [7, 11) is -3.26. The van der Waals surface area contributed by atoms with Gasteiger partial charge in [-0.1, -0.05) is 19.8 Å². The van der Waals surface area contributed by atoms with E-state index in [2.05, 4.69) is 11.6 Å². The second-order valence-corrected chi connectivity index (χ2v) is 8.14. The standard InChI is InChI=1S/C13H25NO3S/c1-11-6-8-13(10-15,9-7-11)14-18(16,17)12-4-2-3-5-12/h11-12,14-15H,2-10H2,1H3. The number of rotatable bonds is 4. The zero-order chi connectivity index (χ0) is 13.2. The zero-order valence-corrected chi connectivity index (χ0v) is 12.0. The average Bonchev–Trinajstić information content (AvgIpc) is 2.87. The van der Waals surface area contributed by atoms with Crippen LogP contribution in [-0.2, 0) is 10.0 Å². The fraction of sp³-hybridized carbons (Fsp3) is 1.00. The summed E-state index contributed by atoms with van der Waals surface area (Å²) in [6.07, 6.45) is 7.07. The van der Waals surface area contributed by atoms with Gasteiger partial charge in [0.05, 0.1) is 17.4 Å². The van der Waals surface area contributed by atoms with Crippen molar-refractivity contribution in [3.8, 4) is 0 Å². The Morgan fingerprint density at radius 3 is 2.22 bits per heavy atom. The fourth-order valence-corrected chi connectivity index (χ4v) is 5.18. The van der Waals surface area contributed by atoms with Gasteiger partial charge in [0.1, 0.15) is 0 Å². The van der Waals surface area contributed by atoms with E-state index in [0.29, 0.717) is 5.92 Å². The van der Waals surface area contributed by atoms with Crippen molar-refractivity contribution in [3.63, 3.8) is 0 Å². The Labute approximate surface area is 110 Å². The zero-order valence-electron chi connectivity index (χ0n) is 11.2. The largest absolute Gasteiger partial charge is 0.394 e. The molecule has 2 saturated carbocycles. The minimum absolute atomic E-state index is 0.0777. The Hall–Kier alpha value is -0.130. The Bertz CT molecular complexity index is 366. The highest BCUT2D eigenvalue weighted by Gasteiger charge is 2.40. The molecule has 0 unspecified atom stereocenters. The van der Waals surface area contributed by atoms with Crippen LogP contribution in [0.25, 0.3) is 0 Å². The molecule has 0 aromatic heterocycles. The maximum atomic E-state index is 12.3. The van der Waals surface area contributed by atoms with Crippen molar-refractivity contribution >= 4 is 10.0 Å². The molecule has 0 heterocycles. The Morgan fingerprint density at radius 2 is 1.72 bits per heavy atom. The van der Waals surface area contributed by atoms with Gasteiger partial charge in [0.15, 0.2) is 0 Å². The summed E-state index contributed by atoms with van der Waals surface area (Å²) in [6.45, 7) is 2.11. The van der Waals surface area contributed by atoms with E-state index in [1.165, 1.54) is 0 Å². The first kappa shape index (κ1) is 14.3. The Kier molecular flexibility index (Phi) is 4.34. The second kappa shape index (κ2) is 5.47. The molecule has 0 saturated heterocycles. The van der Waals surface area contributed by atoms with Crippen LogP contribution in [0.3, 0.4) is 0 Å². The van der Waals surface area contributed by atoms with Gasteiger partial charge in [-0.3, -0.25) is 0 Å². The highest BCUT2D eigenvalue weighted by molar-refractivity contribution is 7.90. The number of hydrogen-bond acceptors (Lipinski definition) is 3. The molecule has 2 N–H and O–H groups in total. The lowest BCUT2D eigenvalue weighted by molar-refractivity contribution is 0.125. The van der Waals surface area contributed by atoms with Gasteiger partial charge in [-0.2, -0.15) is 0 Å². The van der Waals surface area contributed by atoms with Crippen LogP contribution in [0.4, 0.5) is 0 Å². The fourth-order valence-electron chi connectivity index (χ4n) is 3.19. The number of sulfonamides is 1. The quantitative estimate of drug-likeness (QED) is 0.822. The third-order valence-corrected chi connectivity index (χ3v) is 6.70. The van der Waals surface area contributed by atoms with E-state index in [1.807, 2.05) is 0 Å². The van der Waals surface area contributed by atoms with Crippen LogP contribution in [0, 0.1) is 5.92 Å². The predicted octanol–water partition coefficient (Wildman–Crippen LogP) is 1.79. The number of hydrogen-bond donors (Lipinski definition) is 2. The highest BCUT2D eigenvalue weighted by atomic mass is 32.2. The van der Waals surface area contributed by atoms with Crippen LogP contribution in [0.5, 0.6) is 0 Å². The topological polar surface area (TPSA) is 66.4 Å². The molecule has 0 aliphatic heterocycles. The number of aliphatic hydroxyl groups is 1. The molecule has 5 heteroatoms. The molecule has 4 nitrogen and oxygen atoms in total. The number of nitrogens with one attached hydrogen (secondary N) is 1. The molecule has 0 radical (unpaired) electrons. The van der Waals surface area contributed by atoms with E-state index < -0.39 is 15.6 Å². The SMILES string of the molecule is CC1CCC(CO)(NS(=O)(=O)C2CCCC2)CC1. The summed E-state index contributed by atoms with van der Waals surface area (Å²) in [6, 6.07) is 0. The summed E-state index contributed by atoms with van der Waals surface area (Å²) < 4.78 is 27.5. The first-order valence-electron chi connectivity index (χ1n) is 7.11. The van der Waals surface area contributed by atoms with Crippen molar-refractivity contribution in [3.05, 3.63) is 0 Å². The lowest BCUT2D eigenvalue weighted by Gasteiger charge is -2.39. The highest BCUT2D eigenvalue weighted by Crippen LogP contribution is 2.34. The maximum Gasteiger partial charge on any atom is 0.215 e. The van der Waals surface area contributed by atoms with Crippen LogP contribution < -0.4 is 4.72 Å². The van der Waals surface area contributed by atoms with Crippen molar-refractivity contribution in [2.75, 3.05) is 6.61 Å². The van der Waals surface area contributed by atoms with Gasteiger partial charge in [0.25, 0.3) is 0 Å². The molecule has 0 atom stereocenters. The van der Waals surface area contributed by atoms with Crippen LogP contribution in [0.2, 0.25) is 0 Å². The average molecular weight is 275 g/mol. The minimum atomic E-state index is -3.26. The van der Waals surface area contributed by atoms with Crippen molar-refractivity contribution in [2.24, 2.45) is 5.92 Å². The van der Waals surface area contributed by atoms with E-state index in [0.717, 1.165) is 51.4 Å². The smallest absolute Gasteiger partial charge is 0.215 e. The predicted molar refractivity (Wildman–Crippen MR) is 71.8 cm³/mol. The van der Waals surface area contributed by atoms with Gasteiger partial charge in [0, 0.05) is 0 Å². The van der Waals surface area contributed by atoms with Gasteiger partial charge >= 0.3 is 0 Å². The molecule has 0 aromatic rings. The molecule has 0 aromatic carbocycles. The molecule has 2 fully saturated rings. The molecule has 18 heavy (non-hydrogen) atoms.